The zero-order valence-electron chi connectivity index (χ0n) is 19.9. The van der Waals surface area contributed by atoms with Crippen molar-refractivity contribution in [1.29, 1.82) is 0 Å². The van der Waals surface area contributed by atoms with Crippen LogP contribution in [-0.2, 0) is 20.1 Å². The van der Waals surface area contributed by atoms with E-state index in [1.54, 1.807) is 16.8 Å². The SMILES string of the molecule is Cn1nc(CNC(=O)c2ccccc2)nc1NCCCOc1cccc(CN2CCCCC2)c1. The van der Waals surface area contributed by atoms with E-state index in [0.717, 1.165) is 25.3 Å². The third-order valence-corrected chi connectivity index (χ3v) is 5.88. The lowest BCUT2D eigenvalue weighted by Gasteiger charge is -2.26. The molecule has 34 heavy (non-hydrogen) atoms. The monoisotopic (exact) mass is 462 g/mol. The third kappa shape index (κ3) is 7.05. The van der Waals surface area contributed by atoms with E-state index in [2.05, 4.69) is 43.8 Å². The van der Waals surface area contributed by atoms with Gasteiger partial charge in [-0.25, -0.2) is 4.68 Å². The maximum absolute atomic E-state index is 12.2. The predicted molar refractivity (Wildman–Crippen MR) is 133 cm³/mol. The van der Waals surface area contributed by atoms with E-state index >= 15 is 0 Å². The number of benzene rings is 2. The Morgan fingerprint density at radius 1 is 1.06 bits per heavy atom. The van der Waals surface area contributed by atoms with Crippen molar-refractivity contribution in [2.45, 2.75) is 38.8 Å². The van der Waals surface area contributed by atoms with Crippen molar-refractivity contribution in [3.63, 3.8) is 0 Å². The molecule has 0 aliphatic carbocycles. The Hall–Kier alpha value is -3.39. The van der Waals surface area contributed by atoms with Crippen LogP contribution in [0, 0.1) is 0 Å². The molecule has 0 spiro atoms. The van der Waals surface area contributed by atoms with Crippen molar-refractivity contribution < 1.29 is 9.53 Å². The van der Waals surface area contributed by atoms with E-state index in [9.17, 15) is 4.79 Å². The normalized spacial score (nSPS) is 14.0. The maximum atomic E-state index is 12.2. The second kappa shape index (κ2) is 12.2. The minimum absolute atomic E-state index is 0.139. The molecule has 2 aromatic carbocycles. The van der Waals surface area contributed by atoms with Crippen molar-refractivity contribution >= 4 is 11.9 Å². The van der Waals surface area contributed by atoms with Gasteiger partial charge in [0.1, 0.15) is 5.75 Å². The Kier molecular flexibility index (Phi) is 8.51. The molecule has 1 aromatic heterocycles. The fourth-order valence-electron chi connectivity index (χ4n) is 4.09. The maximum Gasteiger partial charge on any atom is 0.251 e. The Bertz CT molecular complexity index is 1050. The van der Waals surface area contributed by atoms with Crippen molar-refractivity contribution in [2.75, 3.05) is 31.6 Å². The highest BCUT2D eigenvalue weighted by Crippen LogP contribution is 2.18. The van der Waals surface area contributed by atoms with E-state index in [-0.39, 0.29) is 12.5 Å². The Morgan fingerprint density at radius 2 is 1.88 bits per heavy atom. The van der Waals surface area contributed by atoms with Crippen LogP contribution >= 0.6 is 0 Å². The summed E-state index contributed by atoms with van der Waals surface area (Å²) in [7, 11) is 1.84. The van der Waals surface area contributed by atoms with E-state index in [1.165, 1.54) is 37.9 Å². The summed E-state index contributed by atoms with van der Waals surface area (Å²) in [6.45, 7) is 5.01. The number of aryl methyl sites for hydroxylation is 1. The molecule has 2 heterocycles. The van der Waals surface area contributed by atoms with Gasteiger partial charge in [0, 0.05) is 25.7 Å². The first-order chi connectivity index (χ1) is 16.7. The summed E-state index contributed by atoms with van der Waals surface area (Å²) in [5.41, 5.74) is 1.93. The van der Waals surface area contributed by atoms with Crippen molar-refractivity contribution in [2.24, 2.45) is 7.05 Å². The Morgan fingerprint density at radius 3 is 2.71 bits per heavy atom. The van der Waals surface area contributed by atoms with E-state index in [4.69, 9.17) is 4.74 Å². The van der Waals surface area contributed by atoms with Gasteiger partial charge in [0.2, 0.25) is 5.95 Å². The van der Waals surface area contributed by atoms with Gasteiger partial charge in [-0.3, -0.25) is 9.69 Å². The van der Waals surface area contributed by atoms with Gasteiger partial charge in [0.15, 0.2) is 5.82 Å². The molecule has 1 aliphatic rings. The molecule has 4 rings (SSSR count). The van der Waals surface area contributed by atoms with Crippen LogP contribution in [0.25, 0.3) is 0 Å². The lowest BCUT2D eigenvalue weighted by Crippen LogP contribution is -2.29. The molecule has 1 aliphatic heterocycles. The molecule has 1 saturated heterocycles. The summed E-state index contributed by atoms with van der Waals surface area (Å²) in [6.07, 6.45) is 4.80. The smallest absolute Gasteiger partial charge is 0.251 e. The standard InChI is InChI=1S/C26H34N6O2/c1-31-26(29-24(30-31)19-28-25(33)22-11-4-2-5-12-22)27-14-9-17-34-23-13-8-10-21(18-23)20-32-15-6-3-7-16-32/h2,4-5,8,10-13,18H,3,6-7,9,14-17,19-20H2,1H3,(H,28,33)(H,27,29,30). The third-order valence-electron chi connectivity index (χ3n) is 5.88. The molecule has 0 atom stereocenters. The average molecular weight is 463 g/mol. The van der Waals surface area contributed by atoms with E-state index in [1.807, 2.05) is 31.3 Å². The van der Waals surface area contributed by atoms with Crippen LogP contribution in [0.5, 0.6) is 5.75 Å². The highest BCUT2D eigenvalue weighted by atomic mass is 16.5. The molecule has 0 unspecified atom stereocenters. The first-order valence-corrected chi connectivity index (χ1v) is 12.1. The number of hydrogen-bond acceptors (Lipinski definition) is 6. The number of rotatable bonds is 11. The predicted octanol–water partition coefficient (Wildman–Crippen LogP) is 3.61. The fourth-order valence-corrected chi connectivity index (χ4v) is 4.09. The quantitative estimate of drug-likeness (QED) is 0.424. The highest BCUT2D eigenvalue weighted by Gasteiger charge is 2.11. The summed E-state index contributed by atoms with van der Waals surface area (Å²) in [6, 6.07) is 17.5. The molecule has 8 heteroatoms. The molecule has 0 radical (unpaired) electrons. The lowest BCUT2D eigenvalue weighted by atomic mass is 10.1. The van der Waals surface area contributed by atoms with Crippen LogP contribution in [0.3, 0.4) is 0 Å². The summed E-state index contributed by atoms with van der Waals surface area (Å²) in [5.74, 6) is 2.02. The molecule has 1 fully saturated rings. The first-order valence-electron chi connectivity index (χ1n) is 12.1. The van der Waals surface area contributed by atoms with Gasteiger partial charge in [0.05, 0.1) is 13.2 Å². The van der Waals surface area contributed by atoms with Gasteiger partial charge in [-0.1, -0.05) is 36.8 Å². The van der Waals surface area contributed by atoms with Crippen molar-refractivity contribution in [3.05, 3.63) is 71.5 Å². The number of piperidine rings is 1. The topological polar surface area (TPSA) is 84.3 Å². The summed E-state index contributed by atoms with van der Waals surface area (Å²) in [4.78, 5) is 19.2. The van der Waals surface area contributed by atoms with Gasteiger partial charge in [-0.15, -0.1) is 0 Å². The van der Waals surface area contributed by atoms with Gasteiger partial charge in [-0.05, 0) is 62.2 Å². The molecular weight excluding hydrogens is 428 g/mol. The number of nitrogens with zero attached hydrogens (tertiary/aromatic N) is 4. The molecule has 3 aromatic rings. The van der Waals surface area contributed by atoms with Gasteiger partial charge in [0.25, 0.3) is 5.91 Å². The summed E-state index contributed by atoms with van der Waals surface area (Å²) in [5, 5.41) is 10.5. The first kappa shape index (κ1) is 23.8. The minimum Gasteiger partial charge on any atom is -0.494 e. The number of carbonyl (C=O) groups is 1. The second-order valence-electron chi connectivity index (χ2n) is 8.64. The molecule has 1 amide bonds. The summed E-state index contributed by atoms with van der Waals surface area (Å²) < 4.78 is 7.66. The number of hydrogen-bond donors (Lipinski definition) is 2. The second-order valence-corrected chi connectivity index (χ2v) is 8.64. The molecule has 0 saturated carbocycles. The number of ether oxygens (including phenoxy) is 1. The van der Waals surface area contributed by atoms with Crippen LogP contribution in [0.4, 0.5) is 5.95 Å². The van der Waals surface area contributed by atoms with E-state index < -0.39 is 0 Å². The lowest BCUT2D eigenvalue weighted by molar-refractivity contribution is 0.0950. The fraction of sp³-hybridized carbons (Fsp3) is 0.423. The van der Waals surface area contributed by atoms with E-state index in [0.29, 0.717) is 23.9 Å². The largest absolute Gasteiger partial charge is 0.494 e. The van der Waals surface area contributed by atoms with Crippen LogP contribution in [0.15, 0.2) is 54.6 Å². The van der Waals surface area contributed by atoms with Gasteiger partial charge >= 0.3 is 0 Å². The zero-order valence-corrected chi connectivity index (χ0v) is 19.9. The number of nitrogens with one attached hydrogen (secondary N) is 2. The number of amides is 1. The number of aromatic nitrogens is 3. The molecule has 0 bridgehead atoms. The van der Waals surface area contributed by atoms with Crippen molar-refractivity contribution in [1.82, 2.24) is 25.0 Å². The number of carbonyl (C=O) groups excluding carboxylic acids is 1. The van der Waals surface area contributed by atoms with Crippen molar-refractivity contribution in [3.8, 4) is 5.75 Å². The van der Waals surface area contributed by atoms with Crippen LogP contribution < -0.4 is 15.4 Å². The average Bonchev–Trinajstić information content (AvgIpc) is 3.23. The zero-order chi connectivity index (χ0) is 23.6. The molecule has 2 N–H and O–H groups in total. The molecule has 180 valence electrons. The number of likely N-dealkylation sites (tertiary alicyclic amines) is 1. The van der Waals surface area contributed by atoms with Crippen LogP contribution in [0.1, 0.15) is 47.4 Å². The molecular formula is C26H34N6O2. The Balaban J connectivity index is 1.16. The number of anilines is 1. The highest BCUT2D eigenvalue weighted by molar-refractivity contribution is 5.93. The minimum atomic E-state index is -0.139. The van der Waals surface area contributed by atoms with Crippen LogP contribution in [-0.4, -0.2) is 51.8 Å². The van der Waals surface area contributed by atoms with Gasteiger partial charge in [-0.2, -0.15) is 10.1 Å². The molecule has 8 nitrogen and oxygen atoms in total. The summed E-state index contributed by atoms with van der Waals surface area (Å²) >= 11 is 0. The Labute approximate surface area is 201 Å². The van der Waals surface area contributed by atoms with Gasteiger partial charge < -0.3 is 15.4 Å². The van der Waals surface area contributed by atoms with Crippen LogP contribution in [0.2, 0.25) is 0 Å².